The van der Waals surface area contributed by atoms with Crippen molar-refractivity contribution in [2.24, 2.45) is 5.16 Å². The smallest absolute Gasteiger partial charge is 0.265 e. The summed E-state index contributed by atoms with van der Waals surface area (Å²) in [6.07, 6.45) is 5.59. The molecule has 7 heteroatoms. The maximum Gasteiger partial charge on any atom is 0.265 e. The van der Waals surface area contributed by atoms with Crippen molar-refractivity contribution in [1.82, 2.24) is 5.32 Å². The van der Waals surface area contributed by atoms with Crippen molar-refractivity contribution in [1.29, 1.82) is 0 Å². The molecule has 0 saturated carbocycles. The van der Waals surface area contributed by atoms with Gasteiger partial charge >= 0.3 is 0 Å². The summed E-state index contributed by atoms with van der Waals surface area (Å²) in [5.41, 5.74) is 0. The predicted molar refractivity (Wildman–Crippen MR) is 108 cm³/mol. The minimum absolute atomic E-state index is 0.345. The lowest BCUT2D eigenvalue weighted by Gasteiger charge is -2.34. The Hall–Kier alpha value is -1.18. The van der Waals surface area contributed by atoms with Gasteiger partial charge in [-0.2, -0.15) is 0 Å². The van der Waals surface area contributed by atoms with Gasteiger partial charge in [0.2, 0.25) is 0 Å². The van der Waals surface area contributed by atoms with Crippen LogP contribution in [0.1, 0.15) is 25.7 Å². The first-order valence-electron chi connectivity index (χ1n) is 9.77. The Balaban J connectivity index is 3.94. The van der Waals surface area contributed by atoms with Gasteiger partial charge in [0.25, 0.3) is 5.91 Å². The summed E-state index contributed by atoms with van der Waals surface area (Å²) < 4.78 is 3.10. The Morgan fingerprint density at radius 1 is 0.808 bits per heavy atom. The summed E-state index contributed by atoms with van der Waals surface area (Å²) in [5.74, 6) is -0.345. The molecule has 0 aliphatic heterocycles. The SMILES string of the molecule is C[N+](C)(C)CCCC[N+](C)(C)CCC[N+](C)(C)CCCNC(=O)/C=N/O. The number of quaternary nitrogens is 3. The van der Waals surface area contributed by atoms with Gasteiger partial charge < -0.3 is 24.0 Å². The third-order valence-electron chi connectivity index (χ3n) is 4.78. The summed E-state index contributed by atoms with van der Waals surface area (Å²) in [5, 5.41) is 13.7. The van der Waals surface area contributed by atoms with Gasteiger partial charge in [-0.3, -0.25) is 4.79 Å². The van der Waals surface area contributed by atoms with Crippen molar-refractivity contribution in [3.8, 4) is 0 Å². The molecule has 0 heterocycles. The first-order chi connectivity index (χ1) is 11.9. The fourth-order valence-electron chi connectivity index (χ4n) is 3.09. The van der Waals surface area contributed by atoms with Gasteiger partial charge in [-0.05, 0) is 0 Å². The van der Waals surface area contributed by atoms with Crippen LogP contribution in [0.2, 0.25) is 0 Å². The fourth-order valence-corrected chi connectivity index (χ4v) is 3.09. The predicted octanol–water partition coefficient (Wildman–Crippen LogP) is 0.982. The number of hydrogen-bond acceptors (Lipinski definition) is 3. The van der Waals surface area contributed by atoms with E-state index in [0.717, 1.165) is 39.2 Å². The zero-order valence-corrected chi connectivity index (χ0v) is 18.3. The maximum absolute atomic E-state index is 11.2. The molecule has 2 N–H and O–H groups in total. The maximum atomic E-state index is 11.2. The van der Waals surface area contributed by atoms with Crippen LogP contribution in [0.3, 0.4) is 0 Å². The number of amides is 1. The Labute approximate surface area is 161 Å². The standard InChI is InChI=1S/C19H42N5O2/c1-22(2,3)13-8-9-14-23(4,5)16-11-17-24(6,7)15-10-12-20-19(25)18-21-26/h18H,8-17H2,1-7H3/q+1/p+2. The Kier molecular flexibility index (Phi) is 11.0. The van der Waals surface area contributed by atoms with Gasteiger partial charge in [-0.25, -0.2) is 0 Å². The summed E-state index contributed by atoms with van der Waals surface area (Å²) in [6, 6.07) is 0. The van der Waals surface area contributed by atoms with Crippen LogP contribution in [-0.4, -0.2) is 119 Å². The fraction of sp³-hybridized carbons (Fsp3) is 0.895. The van der Waals surface area contributed by atoms with E-state index in [1.807, 2.05) is 0 Å². The van der Waals surface area contributed by atoms with E-state index in [1.54, 1.807) is 0 Å². The van der Waals surface area contributed by atoms with E-state index in [-0.39, 0.29) is 5.91 Å². The number of unbranched alkanes of at least 4 members (excludes halogenated alkanes) is 1. The first kappa shape index (κ1) is 24.8. The van der Waals surface area contributed by atoms with Crippen LogP contribution in [0.25, 0.3) is 0 Å². The van der Waals surface area contributed by atoms with Crippen molar-refractivity contribution in [2.75, 3.05) is 88.6 Å². The Bertz CT molecular complexity index is 428. The van der Waals surface area contributed by atoms with E-state index in [1.165, 1.54) is 38.9 Å². The molecular formula is C19H44N5O2+3. The second kappa shape index (κ2) is 11.5. The van der Waals surface area contributed by atoms with E-state index in [9.17, 15) is 4.79 Å². The molecule has 0 aliphatic carbocycles. The second-order valence-corrected chi connectivity index (χ2v) is 9.73. The van der Waals surface area contributed by atoms with Crippen molar-refractivity contribution in [2.45, 2.75) is 25.7 Å². The lowest BCUT2D eigenvalue weighted by molar-refractivity contribution is -0.910. The van der Waals surface area contributed by atoms with Crippen LogP contribution in [0, 0.1) is 0 Å². The third-order valence-corrected chi connectivity index (χ3v) is 4.78. The van der Waals surface area contributed by atoms with Gasteiger partial charge in [0.1, 0.15) is 6.21 Å². The van der Waals surface area contributed by atoms with Gasteiger partial charge in [0.15, 0.2) is 0 Å². The number of nitrogens with one attached hydrogen (secondary N) is 1. The average molecular weight is 375 g/mol. The van der Waals surface area contributed by atoms with Gasteiger partial charge in [0.05, 0.1) is 82.1 Å². The molecule has 7 nitrogen and oxygen atoms in total. The third kappa shape index (κ3) is 15.1. The minimum atomic E-state index is -0.345. The molecule has 0 aromatic rings. The minimum Gasteiger partial charge on any atom is -0.411 e. The van der Waals surface area contributed by atoms with E-state index in [4.69, 9.17) is 5.21 Å². The monoisotopic (exact) mass is 374 g/mol. The molecule has 0 radical (unpaired) electrons. The Morgan fingerprint density at radius 2 is 1.27 bits per heavy atom. The van der Waals surface area contributed by atoms with Crippen LogP contribution in [-0.2, 0) is 4.79 Å². The van der Waals surface area contributed by atoms with Crippen LogP contribution >= 0.6 is 0 Å². The van der Waals surface area contributed by atoms with Gasteiger partial charge in [-0.15, -0.1) is 0 Å². The van der Waals surface area contributed by atoms with E-state index in [2.05, 4.69) is 59.8 Å². The number of carbonyl (C=O) groups excluding carboxylic acids is 1. The number of carbonyl (C=O) groups is 1. The van der Waals surface area contributed by atoms with E-state index >= 15 is 0 Å². The number of hydrogen-bond donors (Lipinski definition) is 2. The van der Waals surface area contributed by atoms with Crippen molar-refractivity contribution in [3.63, 3.8) is 0 Å². The zero-order valence-electron chi connectivity index (χ0n) is 18.3. The molecule has 154 valence electrons. The highest BCUT2D eigenvalue weighted by molar-refractivity contribution is 6.25. The normalized spacial score (nSPS) is 13.3. The van der Waals surface area contributed by atoms with Crippen LogP contribution in [0.5, 0.6) is 0 Å². The summed E-state index contributed by atoms with van der Waals surface area (Å²) in [7, 11) is 15.9. The topological polar surface area (TPSA) is 61.7 Å². The number of rotatable bonds is 14. The molecule has 0 bridgehead atoms. The molecule has 0 fully saturated rings. The molecule has 0 aromatic heterocycles. The molecule has 0 unspecified atom stereocenters. The number of oxime groups is 1. The lowest BCUT2D eigenvalue weighted by Crippen LogP contribution is -2.46. The molecule has 0 spiro atoms. The summed E-state index contributed by atoms with van der Waals surface area (Å²) in [6.45, 7) is 6.46. The van der Waals surface area contributed by atoms with E-state index < -0.39 is 0 Å². The summed E-state index contributed by atoms with van der Waals surface area (Å²) in [4.78, 5) is 11.2. The van der Waals surface area contributed by atoms with Crippen molar-refractivity contribution < 1.29 is 23.5 Å². The van der Waals surface area contributed by atoms with Gasteiger partial charge in [-0.1, -0.05) is 5.16 Å². The second-order valence-electron chi connectivity index (χ2n) is 9.73. The first-order valence-corrected chi connectivity index (χ1v) is 9.77. The quantitative estimate of drug-likeness (QED) is 0.157. The number of nitrogens with zero attached hydrogens (tertiary/aromatic N) is 4. The highest BCUT2D eigenvalue weighted by Crippen LogP contribution is 2.08. The highest BCUT2D eigenvalue weighted by Gasteiger charge is 2.20. The van der Waals surface area contributed by atoms with Gasteiger partial charge in [0, 0.05) is 32.2 Å². The summed E-state index contributed by atoms with van der Waals surface area (Å²) >= 11 is 0. The Morgan fingerprint density at radius 3 is 1.77 bits per heavy atom. The molecule has 0 atom stereocenters. The largest absolute Gasteiger partial charge is 0.411 e. The molecular weight excluding hydrogens is 330 g/mol. The average Bonchev–Trinajstić information content (AvgIpc) is 2.47. The molecule has 0 rings (SSSR count). The van der Waals surface area contributed by atoms with Crippen molar-refractivity contribution in [3.05, 3.63) is 0 Å². The zero-order chi connectivity index (χ0) is 20.3. The molecule has 26 heavy (non-hydrogen) atoms. The van der Waals surface area contributed by atoms with E-state index in [0.29, 0.717) is 6.54 Å². The molecule has 0 aromatic carbocycles. The molecule has 0 aliphatic rings. The van der Waals surface area contributed by atoms with Crippen LogP contribution < -0.4 is 5.32 Å². The van der Waals surface area contributed by atoms with Crippen LogP contribution in [0.4, 0.5) is 0 Å². The highest BCUT2D eigenvalue weighted by atomic mass is 16.4. The molecule has 0 saturated heterocycles. The lowest BCUT2D eigenvalue weighted by atomic mass is 10.2. The van der Waals surface area contributed by atoms with Crippen LogP contribution in [0.15, 0.2) is 5.16 Å². The van der Waals surface area contributed by atoms with Crippen molar-refractivity contribution >= 4 is 12.1 Å². The molecule has 1 amide bonds.